The van der Waals surface area contributed by atoms with Gasteiger partial charge in [-0.05, 0) is 50.6 Å². The number of carbonyl (C=O) groups excluding carboxylic acids is 2. The van der Waals surface area contributed by atoms with E-state index in [1.165, 1.54) is 14.0 Å². The Morgan fingerprint density at radius 2 is 1.72 bits per heavy atom. The van der Waals surface area contributed by atoms with Crippen molar-refractivity contribution < 1.29 is 27.5 Å². The molecule has 1 aliphatic rings. The van der Waals surface area contributed by atoms with E-state index in [-0.39, 0.29) is 16.0 Å². The maximum atomic E-state index is 13.1. The molecule has 0 aliphatic carbocycles. The number of fused-ring (bicyclic) bond motifs is 1. The number of hydrogen-bond donors (Lipinski definition) is 0. The number of imide groups is 1. The molecule has 0 radical (unpaired) electrons. The third-order valence-electron chi connectivity index (χ3n) is 4.78. The normalized spacial score (nSPS) is 13.9. The third-order valence-corrected chi connectivity index (χ3v) is 5.53. The first-order valence-electron chi connectivity index (χ1n) is 9.02. The van der Waals surface area contributed by atoms with Crippen LogP contribution in [0.1, 0.15) is 51.7 Å². The Kier molecular flexibility index (Phi) is 5.74. The van der Waals surface area contributed by atoms with Crippen LogP contribution in [0.5, 0.6) is 11.5 Å². The summed E-state index contributed by atoms with van der Waals surface area (Å²) in [7, 11) is -1.11. The van der Waals surface area contributed by atoms with Crippen LogP contribution < -0.4 is 9.47 Å². The molecule has 0 bridgehead atoms. The zero-order valence-corrected chi connectivity index (χ0v) is 17.4. The highest BCUT2D eigenvalue weighted by molar-refractivity contribution is 7.73. The summed E-state index contributed by atoms with van der Waals surface area (Å²) in [5.41, 5.74) is 1.79. The second-order valence-corrected chi connectivity index (χ2v) is 7.73. The van der Waals surface area contributed by atoms with E-state index in [0.29, 0.717) is 23.7 Å². The molecule has 1 aliphatic heterocycles. The molecule has 3 rings (SSSR count). The van der Waals surface area contributed by atoms with Crippen molar-refractivity contribution in [3.8, 4) is 11.5 Å². The molecular weight excluding hydrogens is 394 g/mol. The Balaban J connectivity index is 2.19. The summed E-state index contributed by atoms with van der Waals surface area (Å²) in [6.07, 6.45) is 0. The van der Waals surface area contributed by atoms with Crippen molar-refractivity contribution in [2.24, 2.45) is 0 Å². The van der Waals surface area contributed by atoms with E-state index < -0.39 is 28.1 Å². The topological polar surface area (TPSA) is 90.0 Å². The molecule has 0 N–H and O–H groups in total. The zero-order chi connectivity index (χ0) is 21.3. The first-order valence-corrected chi connectivity index (χ1v) is 10.1. The Morgan fingerprint density at radius 3 is 2.34 bits per heavy atom. The number of ether oxygens (including phenoxy) is 2. The molecule has 29 heavy (non-hydrogen) atoms. The molecule has 1 heterocycles. The zero-order valence-electron chi connectivity index (χ0n) is 16.6. The predicted octanol–water partition coefficient (Wildman–Crippen LogP) is 2.81. The molecule has 1 atom stereocenters. The number of nitrogens with zero attached hydrogens (tertiary/aromatic N) is 1. The highest BCUT2D eigenvalue weighted by Gasteiger charge is 2.42. The molecule has 2 amide bonds. The van der Waals surface area contributed by atoms with Gasteiger partial charge in [-0.3, -0.25) is 14.5 Å². The van der Waals surface area contributed by atoms with Crippen molar-refractivity contribution in [2.75, 3.05) is 13.7 Å². The number of methoxy groups -OCH3 is 1. The molecule has 8 heteroatoms. The number of benzene rings is 2. The van der Waals surface area contributed by atoms with Crippen LogP contribution >= 0.6 is 0 Å². The van der Waals surface area contributed by atoms with Crippen molar-refractivity contribution >= 4 is 27.0 Å². The van der Waals surface area contributed by atoms with Gasteiger partial charge in [-0.25, -0.2) is 0 Å². The molecule has 0 spiro atoms. The van der Waals surface area contributed by atoms with E-state index in [0.717, 1.165) is 10.5 Å². The van der Waals surface area contributed by atoms with E-state index >= 15 is 0 Å². The molecule has 2 aromatic rings. The van der Waals surface area contributed by atoms with Gasteiger partial charge in [-0.1, -0.05) is 17.7 Å². The van der Waals surface area contributed by atoms with Crippen LogP contribution in [0.25, 0.3) is 0 Å². The average molecular weight is 415 g/mol. The average Bonchev–Trinajstić information content (AvgIpc) is 2.93. The number of carbonyl (C=O) groups is 2. The number of rotatable bonds is 6. The molecule has 7 nitrogen and oxygen atoms in total. The molecule has 2 aromatic carbocycles. The second-order valence-electron chi connectivity index (χ2n) is 6.62. The third kappa shape index (κ3) is 3.63. The van der Waals surface area contributed by atoms with Gasteiger partial charge in [0.2, 0.25) is 10.3 Å². The van der Waals surface area contributed by atoms with Crippen LogP contribution in [0.15, 0.2) is 36.4 Å². The molecule has 152 valence electrons. The van der Waals surface area contributed by atoms with E-state index in [2.05, 4.69) is 0 Å². The Bertz CT molecular complexity index is 1130. The van der Waals surface area contributed by atoms with Gasteiger partial charge in [0, 0.05) is 0 Å². The van der Waals surface area contributed by atoms with Gasteiger partial charge < -0.3 is 9.47 Å². The highest BCUT2D eigenvalue weighted by Crippen LogP contribution is 2.36. The smallest absolute Gasteiger partial charge is 0.262 e. The first kappa shape index (κ1) is 20.6. The van der Waals surface area contributed by atoms with E-state index in [1.807, 2.05) is 6.92 Å². The maximum absolute atomic E-state index is 13.1. The van der Waals surface area contributed by atoms with E-state index in [1.54, 1.807) is 43.3 Å². The lowest BCUT2D eigenvalue weighted by atomic mass is 10.0. The monoisotopic (exact) mass is 415 g/mol. The van der Waals surface area contributed by atoms with Crippen LogP contribution in [-0.4, -0.2) is 43.7 Å². The minimum atomic E-state index is -2.61. The molecule has 0 saturated heterocycles. The van der Waals surface area contributed by atoms with Gasteiger partial charge in [-0.15, -0.1) is 0 Å². The molecule has 0 aromatic heterocycles. The minimum absolute atomic E-state index is 0.0520. The van der Waals surface area contributed by atoms with Gasteiger partial charge in [0.25, 0.3) is 11.8 Å². The number of hydrogen-bond acceptors (Lipinski definition) is 6. The van der Waals surface area contributed by atoms with Gasteiger partial charge in [0.05, 0.1) is 29.7 Å². The molecule has 0 fully saturated rings. The predicted molar refractivity (Wildman–Crippen MR) is 108 cm³/mol. The standard InChI is InChI=1S/C21H21NO6S/c1-5-28-18-11-14(7-9-17(18)27-4)19(13(3)29(25)26)22-20(23)15-8-6-12(2)10-16(15)21(22)24/h6-11,19H,5H2,1-4H3. The molecular formula is C21H21NO6S. The van der Waals surface area contributed by atoms with Crippen molar-refractivity contribution in [3.05, 3.63) is 58.7 Å². The van der Waals surface area contributed by atoms with Gasteiger partial charge in [0.1, 0.15) is 6.04 Å². The summed E-state index contributed by atoms with van der Waals surface area (Å²) in [5, 5.41) is 0. The maximum Gasteiger partial charge on any atom is 0.262 e. The molecule has 1 unspecified atom stereocenters. The lowest BCUT2D eigenvalue weighted by Crippen LogP contribution is -2.38. The number of amides is 2. The van der Waals surface area contributed by atoms with Crippen LogP contribution in [-0.2, 0) is 10.3 Å². The fourth-order valence-corrected chi connectivity index (χ4v) is 3.82. The second kappa shape index (κ2) is 8.08. The summed E-state index contributed by atoms with van der Waals surface area (Å²) in [6, 6.07) is 8.71. The highest BCUT2D eigenvalue weighted by atomic mass is 32.2. The SMILES string of the molecule is CCOc1cc(C(C(C)=S(=O)=O)N2C(=O)c3ccc(C)cc3C2=O)ccc1OC. The van der Waals surface area contributed by atoms with Crippen LogP contribution in [0.2, 0.25) is 0 Å². The van der Waals surface area contributed by atoms with E-state index in [4.69, 9.17) is 9.47 Å². The van der Waals surface area contributed by atoms with Crippen molar-refractivity contribution in [1.29, 1.82) is 0 Å². The summed E-state index contributed by atoms with van der Waals surface area (Å²) in [6.45, 7) is 5.38. The summed E-state index contributed by atoms with van der Waals surface area (Å²) in [5.74, 6) is -0.200. The minimum Gasteiger partial charge on any atom is -0.493 e. The van der Waals surface area contributed by atoms with Crippen LogP contribution in [0.4, 0.5) is 0 Å². The van der Waals surface area contributed by atoms with Gasteiger partial charge >= 0.3 is 0 Å². The van der Waals surface area contributed by atoms with Crippen LogP contribution in [0, 0.1) is 6.92 Å². The van der Waals surface area contributed by atoms with Crippen molar-refractivity contribution in [2.45, 2.75) is 26.8 Å². The fourth-order valence-electron chi connectivity index (χ4n) is 3.40. The largest absolute Gasteiger partial charge is 0.493 e. The van der Waals surface area contributed by atoms with Crippen molar-refractivity contribution in [3.63, 3.8) is 0 Å². The number of aryl methyl sites for hydroxylation is 1. The summed E-state index contributed by atoms with van der Waals surface area (Å²) >= 11 is 0. The fraction of sp³-hybridized carbons (Fsp3) is 0.286. The lowest BCUT2D eigenvalue weighted by molar-refractivity contribution is 0.0625. The Labute approximate surface area is 170 Å². The Morgan fingerprint density at radius 1 is 1.03 bits per heavy atom. The Hall–Kier alpha value is -3.13. The van der Waals surface area contributed by atoms with Gasteiger partial charge in [-0.2, -0.15) is 8.42 Å². The summed E-state index contributed by atoms with van der Waals surface area (Å²) < 4.78 is 34.5. The van der Waals surface area contributed by atoms with Crippen LogP contribution in [0.3, 0.4) is 0 Å². The van der Waals surface area contributed by atoms with Crippen molar-refractivity contribution in [1.82, 2.24) is 4.90 Å². The molecule has 0 saturated carbocycles. The van der Waals surface area contributed by atoms with Gasteiger partial charge in [0.15, 0.2) is 11.5 Å². The van der Waals surface area contributed by atoms with E-state index in [9.17, 15) is 18.0 Å². The lowest BCUT2D eigenvalue weighted by Gasteiger charge is -2.26. The first-order chi connectivity index (χ1) is 13.8. The quantitative estimate of drug-likeness (QED) is 0.532. The summed E-state index contributed by atoms with van der Waals surface area (Å²) in [4.78, 5) is 27.0.